The van der Waals surface area contributed by atoms with E-state index in [9.17, 15) is 21.6 Å². The van der Waals surface area contributed by atoms with Crippen LogP contribution in [0, 0.1) is 0 Å². The lowest BCUT2D eigenvalue weighted by Crippen LogP contribution is -2.43. The molecule has 2 aliphatic heterocycles. The lowest BCUT2D eigenvalue weighted by molar-refractivity contribution is -0.137. The van der Waals surface area contributed by atoms with Crippen molar-refractivity contribution in [3.05, 3.63) is 29.3 Å². The molecule has 3 rings (SSSR count). The Balaban J connectivity index is 1.79. The van der Waals surface area contributed by atoms with Crippen LogP contribution in [0.3, 0.4) is 0 Å². The quantitative estimate of drug-likeness (QED) is 0.850. The van der Waals surface area contributed by atoms with Gasteiger partial charge in [-0.2, -0.15) is 13.2 Å². The molecule has 0 amide bonds. The first kappa shape index (κ1) is 19.4. The Labute approximate surface area is 151 Å². The predicted octanol–water partition coefficient (Wildman–Crippen LogP) is 2.07. The van der Waals surface area contributed by atoms with E-state index in [0.29, 0.717) is 24.9 Å². The molecule has 0 spiro atoms. The summed E-state index contributed by atoms with van der Waals surface area (Å²) in [4.78, 5) is 2.16. The Morgan fingerprint density at radius 2 is 1.81 bits per heavy atom. The van der Waals surface area contributed by atoms with Crippen molar-refractivity contribution in [2.24, 2.45) is 0 Å². The van der Waals surface area contributed by atoms with Gasteiger partial charge >= 0.3 is 6.18 Å². The number of ether oxygens (including phenoxy) is 1. The number of sulfone groups is 1. The zero-order valence-corrected chi connectivity index (χ0v) is 15.2. The summed E-state index contributed by atoms with van der Waals surface area (Å²) in [5.74, 6) is 0.246. The van der Waals surface area contributed by atoms with Crippen LogP contribution in [0.4, 0.5) is 13.2 Å². The summed E-state index contributed by atoms with van der Waals surface area (Å²) in [7, 11) is -3.05. The topological polar surface area (TPSA) is 58.6 Å². The summed E-state index contributed by atoms with van der Waals surface area (Å²) in [6.45, 7) is 3.85. The van der Waals surface area contributed by atoms with E-state index in [-0.39, 0.29) is 23.4 Å². The third-order valence-corrected chi connectivity index (χ3v) is 6.51. The molecule has 1 aromatic carbocycles. The van der Waals surface area contributed by atoms with Gasteiger partial charge in [0.05, 0.1) is 17.1 Å². The molecule has 0 aromatic heterocycles. The molecule has 0 bridgehead atoms. The first-order valence-corrected chi connectivity index (χ1v) is 10.6. The number of rotatable bonds is 4. The molecule has 0 saturated carbocycles. The van der Waals surface area contributed by atoms with Gasteiger partial charge in [-0.25, -0.2) is 8.42 Å². The number of halogens is 3. The van der Waals surface area contributed by atoms with Gasteiger partial charge in [0.1, 0.15) is 11.9 Å². The van der Waals surface area contributed by atoms with Gasteiger partial charge in [-0.3, -0.25) is 4.90 Å². The molecular weight excluding hydrogens is 369 g/mol. The van der Waals surface area contributed by atoms with Crippen molar-refractivity contribution < 1.29 is 26.3 Å². The average Bonchev–Trinajstić information content (AvgIpc) is 2.58. The molecule has 5 nitrogen and oxygen atoms in total. The van der Waals surface area contributed by atoms with E-state index in [1.165, 1.54) is 6.07 Å². The molecule has 0 unspecified atom stereocenters. The molecule has 146 valence electrons. The molecule has 1 aromatic rings. The monoisotopic (exact) mass is 392 g/mol. The average molecular weight is 392 g/mol. The smallest absolute Gasteiger partial charge is 0.416 e. The number of nitrogens with zero attached hydrogens (tertiary/aromatic N) is 1. The van der Waals surface area contributed by atoms with E-state index >= 15 is 0 Å². The molecule has 2 aliphatic rings. The normalized spacial score (nSPS) is 22.3. The SMILES string of the molecule is O=S1(=O)CCC(Oc2cc(C(F)(F)F)ccc2CN2CCNCC2)CC1. The van der Waals surface area contributed by atoms with E-state index in [0.717, 1.165) is 38.3 Å². The number of benzene rings is 1. The minimum absolute atomic E-state index is 0.0176. The maximum Gasteiger partial charge on any atom is 0.416 e. The van der Waals surface area contributed by atoms with Crippen LogP contribution in [-0.2, 0) is 22.6 Å². The highest BCUT2D eigenvalue weighted by Crippen LogP contribution is 2.34. The summed E-state index contributed by atoms with van der Waals surface area (Å²) in [5, 5.41) is 3.24. The lowest BCUT2D eigenvalue weighted by Gasteiger charge is -2.29. The van der Waals surface area contributed by atoms with Crippen LogP contribution in [-0.4, -0.2) is 57.1 Å². The van der Waals surface area contributed by atoms with Gasteiger partial charge in [0, 0.05) is 38.3 Å². The van der Waals surface area contributed by atoms with E-state index in [1.54, 1.807) is 0 Å². The number of nitrogens with one attached hydrogen (secondary N) is 1. The highest BCUT2D eigenvalue weighted by molar-refractivity contribution is 7.91. The van der Waals surface area contributed by atoms with Crippen LogP contribution in [0.15, 0.2) is 18.2 Å². The Hall–Kier alpha value is -1.32. The lowest BCUT2D eigenvalue weighted by atomic mass is 10.1. The maximum absolute atomic E-state index is 13.1. The van der Waals surface area contributed by atoms with Gasteiger partial charge in [-0.1, -0.05) is 6.07 Å². The molecule has 1 N–H and O–H groups in total. The Morgan fingerprint density at radius 3 is 2.42 bits per heavy atom. The second kappa shape index (κ2) is 7.74. The van der Waals surface area contributed by atoms with Crippen molar-refractivity contribution in [2.75, 3.05) is 37.7 Å². The highest BCUT2D eigenvalue weighted by Gasteiger charge is 2.32. The largest absolute Gasteiger partial charge is 0.490 e. The Morgan fingerprint density at radius 1 is 1.15 bits per heavy atom. The highest BCUT2D eigenvalue weighted by atomic mass is 32.2. The zero-order valence-electron chi connectivity index (χ0n) is 14.4. The maximum atomic E-state index is 13.1. The van der Waals surface area contributed by atoms with Gasteiger partial charge in [-0.05, 0) is 25.0 Å². The fourth-order valence-corrected chi connectivity index (χ4v) is 4.70. The number of piperazine rings is 1. The fraction of sp³-hybridized carbons (Fsp3) is 0.647. The summed E-state index contributed by atoms with van der Waals surface area (Å²) in [6, 6.07) is 3.59. The molecule has 2 fully saturated rings. The first-order chi connectivity index (χ1) is 12.2. The number of alkyl halides is 3. The van der Waals surface area contributed by atoms with Crippen molar-refractivity contribution in [2.45, 2.75) is 31.7 Å². The third-order valence-electron chi connectivity index (χ3n) is 4.79. The standard InChI is InChI=1S/C17H23F3N2O3S/c18-17(19,20)14-2-1-13(12-22-7-5-21-6-8-22)16(11-14)25-15-3-9-26(23,24)10-4-15/h1-2,11,15,21H,3-10,12H2. The summed E-state index contributed by atoms with van der Waals surface area (Å²) in [6.07, 6.45) is -4.19. The van der Waals surface area contributed by atoms with Gasteiger partial charge in [0.25, 0.3) is 0 Å². The van der Waals surface area contributed by atoms with Crippen LogP contribution >= 0.6 is 0 Å². The van der Waals surface area contributed by atoms with Crippen LogP contribution < -0.4 is 10.1 Å². The van der Waals surface area contributed by atoms with Gasteiger partial charge in [0.15, 0.2) is 9.84 Å². The van der Waals surface area contributed by atoms with Crippen LogP contribution in [0.5, 0.6) is 5.75 Å². The van der Waals surface area contributed by atoms with Gasteiger partial charge < -0.3 is 10.1 Å². The van der Waals surface area contributed by atoms with E-state index < -0.39 is 21.6 Å². The Kier molecular flexibility index (Phi) is 5.78. The van der Waals surface area contributed by atoms with Crippen molar-refractivity contribution >= 4 is 9.84 Å². The third kappa shape index (κ3) is 5.11. The van der Waals surface area contributed by atoms with Gasteiger partial charge in [-0.15, -0.1) is 0 Å². The molecule has 9 heteroatoms. The minimum Gasteiger partial charge on any atom is -0.490 e. The zero-order chi connectivity index (χ0) is 18.8. The molecule has 0 atom stereocenters. The molecule has 2 saturated heterocycles. The minimum atomic E-state index is -4.44. The summed E-state index contributed by atoms with van der Waals surface area (Å²) >= 11 is 0. The van der Waals surface area contributed by atoms with E-state index in [4.69, 9.17) is 4.74 Å². The molecular formula is C17H23F3N2O3S. The molecule has 0 radical (unpaired) electrons. The van der Waals surface area contributed by atoms with Crippen molar-refractivity contribution in [3.8, 4) is 5.75 Å². The second-order valence-electron chi connectivity index (χ2n) is 6.82. The molecule has 26 heavy (non-hydrogen) atoms. The number of hydrogen-bond acceptors (Lipinski definition) is 5. The van der Waals surface area contributed by atoms with Crippen LogP contribution in [0.2, 0.25) is 0 Å². The fourth-order valence-electron chi connectivity index (χ4n) is 3.25. The predicted molar refractivity (Wildman–Crippen MR) is 91.9 cm³/mol. The van der Waals surface area contributed by atoms with E-state index in [1.807, 2.05) is 0 Å². The first-order valence-electron chi connectivity index (χ1n) is 8.73. The molecule has 0 aliphatic carbocycles. The number of hydrogen-bond donors (Lipinski definition) is 1. The van der Waals surface area contributed by atoms with Crippen molar-refractivity contribution in [3.63, 3.8) is 0 Å². The molecule has 2 heterocycles. The van der Waals surface area contributed by atoms with Crippen LogP contribution in [0.1, 0.15) is 24.0 Å². The second-order valence-corrected chi connectivity index (χ2v) is 9.12. The van der Waals surface area contributed by atoms with Gasteiger partial charge in [0.2, 0.25) is 0 Å². The summed E-state index contributed by atoms with van der Waals surface area (Å²) in [5.41, 5.74) is -0.0478. The van der Waals surface area contributed by atoms with Crippen molar-refractivity contribution in [1.29, 1.82) is 0 Å². The van der Waals surface area contributed by atoms with E-state index in [2.05, 4.69) is 10.2 Å². The van der Waals surface area contributed by atoms with Crippen LogP contribution in [0.25, 0.3) is 0 Å². The Bertz CT molecular complexity index is 717. The summed E-state index contributed by atoms with van der Waals surface area (Å²) < 4.78 is 68.2. The van der Waals surface area contributed by atoms with Crippen molar-refractivity contribution in [1.82, 2.24) is 10.2 Å².